The van der Waals surface area contributed by atoms with Crippen LogP contribution in [0.2, 0.25) is 0 Å². The molecular formula is C27H48F15N3O12. The van der Waals surface area contributed by atoms with E-state index < -0.39 is 54.2 Å². The largest absolute Gasteiger partial charge is 0.544 e. The lowest BCUT2D eigenvalue weighted by Gasteiger charge is -2.28. The highest BCUT2D eigenvalue weighted by molar-refractivity contribution is 5.75. The van der Waals surface area contributed by atoms with Crippen molar-refractivity contribution in [1.29, 1.82) is 0 Å². The first-order valence-electron chi connectivity index (χ1n) is 15.2. The molecule has 0 bridgehead atoms. The Kier molecular flexibility index (Phi) is 41.7. The van der Waals surface area contributed by atoms with E-state index in [9.17, 15) is 75.8 Å². The second-order valence-corrected chi connectivity index (χ2v) is 9.63. The number of quaternary nitrogens is 3. The molecular weight excluding hydrogens is 843 g/mol. The van der Waals surface area contributed by atoms with E-state index in [4.69, 9.17) is 48.2 Å². The molecule has 0 amide bonds. The van der Waals surface area contributed by atoms with Gasteiger partial charge in [0.05, 0.1) is 78.9 Å². The maximum Gasteiger partial charge on any atom is 0.460 e. The van der Waals surface area contributed by atoms with Crippen molar-refractivity contribution in [3.63, 3.8) is 0 Å². The summed E-state index contributed by atoms with van der Waals surface area (Å²) in [5.74, 6) is -28.9. The van der Waals surface area contributed by atoms with Crippen LogP contribution in [0.5, 0.6) is 0 Å². The van der Waals surface area contributed by atoms with Crippen LogP contribution in [0.4, 0.5) is 65.9 Å². The molecule has 6 N–H and O–H groups in total. The molecule has 0 heterocycles. The van der Waals surface area contributed by atoms with Gasteiger partial charge in [0.15, 0.2) is 0 Å². The summed E-state index contributed by atoms with van der Waals surface area (Å²) in [6.07, 6.45) is -17.9. The molecule has 0 spiro atoms. The van der Waals surface area contributed by atoms with Gasteiger partial charge in [-0.3, -0.25) is 0 Å². The number of ether oxygens (including phenoxy) is 6. The normalized spacial score (nSPS) is 11.7. The number of carboxylic acids is 3. The number of rotatable bonds is 21. The summed E-state index contributed by atoms with van der Waals surface area (Å²) < 4.78 is 196. The molecule has 57 heavy (non-hydrogen) atoms. The number of halogens is 15. The minimum Gasteiger partial charge on any atom is -0.544 e. The van der Waals surface area contributed by atoms with Crippen LogP contribution in [0.1, 0.15) is 0 Å². The first kappa shape index (κ1) is 65.8. The van der Waals surface area contributed by atoms with Crippen molar-refractivity contribution in [1.82, 2.24) is 0 Å². The molecule has 0 aromatic heterocycles. The highest BCUT2D eigenvalue weighted by Gasteiger charge is 2.73. The Hall–Kier alpha value is -3.00. The summed E-state index contributed by atoms with van der Waals surface area (Å²) in [4.78, 5) is 27.1. The number of methoxy groups -OCH3 is 6. The van der Waals surface area contributed by atoms with Crippen molar-refractivity contribution in [3.8, 4) is 0 Å². The van der Waals surface area contributed by atoms with Crippen LogP contribution in [0.3, 0.4) is 0 Å². The minimum atomic E-state index is -6.64. The Balaban J connectivity index is -0.000000138. The maximum atomic E-state index is 11.7. The van der Waals surface area contributed by atoms with Crippen LogP contribution in [0, 0.1) is 0 Å². The predicted octanol–water partition coefficient (Wildman–Crippen LogP) is -3.67. The Morgan fingerprint density at radius 2 is 0.579 bits per heavy atom. The number of carboxylic acid groups (broad SMARTS) is 3. The van der Waals surface area contributed by atoms with Gasteiger partial charge in [-0.25, -0.2) is 0 Å². The van der Waals surface area contributed by atoms with Gasteiger partial charge in [-0.15, -0.1) is 0 Å². The van der Waals surface area contributed by atoms with E-state index in [0.717, 1.165) is 78.9 Å². The Labute approximate surface area is 316 Å². The zero-order valence-corrected chi connectivity index (χ0v) is 31.3. The third-order valence-corrected chi connectivity index (χ3v) is 5.01. The van der Waals surface area contributed by atoms with E-state index in [0.29, 0.717) is 0 Å². The molecule has 0 radical (unpaired) electrons. The summed E-state index contributed by atoms with van der Waals surface area (Å²) in [5.41, 5.74) is 0. The summed E-state index contributed by atoms with van der Waals surface area (Å²) in [6, 6.07) is 0. The Morgan fingerprint density at radius 1 is 0.386 bits per heavy atom. The number of aliphatic carboxylic acids is 3. The lowest BCUT2D eigenvalue weighted by Crippen LogP contribution is -2.86. The molecule has 0 unspecified atom stereocenters. The van der Waals surface area contributed by atoms with E-state index in [2.05, 4.69) is 16.0 Å². The van der Waals surface area contributed by atoms with Crippen molar-refractivity contribution in [2.24, 2.45) is 0 Å². The molecule has 0 aromatic carbocycles. The summed E-state index contributed by atoms with van der Waals surface area (Å²) in [5, 5.41) is 33.7. The van der Waals surface area contributed by atoms with Gasteiger partial charge in [-0.05, 0) is 0 Å². The van der Waals surface area contributed by atoms with Gasteiger partial charge in [0.2, 0.25) is 0 Å². The standard InChI is InChI=1S/3C6H15NO2.C4HF7O2.C3HF5O2.C2HF3O2/c3*1-8-5-3-7-4-6-9-2;5-2(6,1(12)13)3(7,8)4(9,10)11;4-2(5,1(9)10)3(6,7)8;3-2(4,5)1(6)7/h3*7H,3-6H2,1-2H3;(H,12,13);(H,9,10);(H,6,7). The summed E-state index contributed by atoms with van der Waals surface area (Å²) >= 11 is 0. The molecule has 0 rings (SSSR count). The van der Waals surface area contributed by atoms with Gasteiger partial charge >= 0.3 is 36.3 Å². The lowest BCUT2D eigenvalue weighted by molar-refractivity contribution is -0.657. The Bertz CT molecular complexity index is 928. The smallest absolute Gasteiger partial charge is 0.460 e. The van der Waals surface area contributed by atoms with Crippen molar-refractivity contribution in [2.75, 3.05) is 122 Å². The van der Waals surface area contributed by atoms with Crippen molar-refractivity contribution in [2.45, 2.75) is 36.3 Å². The van der Waals surface area contributed by atoms with Gasteiger partial charge in [0.25, 0.3) is 0 Å². The van der Waals surface area contributed by atoms with Crippen LogP contribution >= 0.6 is 0 Å². The second kappa shape index (κ2) is 36.1. The quantitative estimate of drug-likeness (QED) is 0.0750. The first-order valence-corrected chi connectivity index (χ1v) is 15.2. The van der Waals surface area contributed by atoms with Crippen LogP contribution in [0.25, 0.3) is 0 Å². The molecule has 0 aromatic rings. The molecule has 30 heteroatoms. The minimum absolute atomic E-state index is 0.823. The average molecular weight is 892 g/mol. The predicted molar refractivity (Wildman–Crippen MR) is 154 cm³/mol. The molecule has 0 aliphatic carbocycles. The zero-order valence-electron chi connectivity index (χ0n) is 31.3. The molecule has 0 atom stereocenters. The summed E-state index contributed by atoms with van der Waals surface area (Å²) in [7, 11) is 10.3. The van der Waals surface area contributed by atoms with Gasteiger partial charge in [-0.1, -0.05) is 0 Å². The van der Waals surface area contributed by atoms with Gasteiger partial charge in [-0.2, -0.15) is 65.9 Å². The van der Waals surface area contributed by atoms with Crippen LogP contribution in [-0.2, 0) is 42.8 Å². The van der Waals surface area contributed by atoms with E-state index in [1.54, 1.807) is 42.7 Å². The van der Waals surface area contributed by atoms with Crippen molar-refractivity contribution in [3.05, 3.63) is 0 Å². The molecule has 0 aliphatic heterocycles. The van der Waals surface area contributed by atoms with E-state index in [1.807, 2.05) is 0 Å². The van der Waals surface area contributed by atoms with Crippen LogP contribution in [-0.4, -0.2) is 176 Å². The fourth-order valence-electron chi connectivity index (χ4n) is 2.06. The third-order valence-electron chi connectivity index (χ3n) is 5.01. The van der Waals surface area contributed by atoms with Gasteiger partial charge < -0.3 is 74.1 Å². The second-order valence-electron chi connectivity index (χ2n) is 9.63. The molecule has 0 saturated carbocycles. The SMILES string of the molecule is COCC[NH2+]CCOC.COCC[NH2+]CCOC.COCC[NH2+]CCOC.O=C([O-])C(F)(F)C(F)(F)C(F)(F)F.O=C([O-])C(F)(F)C(F)(F)F.O=C([O-])C(F)(F)F. The number of carbonyl (C=O) groups is 3. The number of carbonyl (C=O) groups excluding carboxylic acids is 3. The van der Waals surface area contributed by atoms with Crippen LogP contribution < -0.4 is 31.3 Å². The lowest BCUT2D eigenvalue weighted by atomic mass is 10.1. The van der Waals surface area contributed by atoms with Gasteiger partial charge in [0, 0.05) is 42.7 Å². The molecule has 0 saturated heterocycles. The first-order chi connectivity index (χ1) is 25.8. The molecule has 0 fully saturated rings. The molecule has 0 aliphatic rings. The third kappa shape index (κ3) is 38.3. The van der Waals surface area contributed by atoms with Crippen molar-refractivity contribution >= 4 is 17.9 Å². The maximum absolute atomic E-state index is 11.7. The van der Waals surface area contributed by atoms with Crippen LogP contribution in [0.15, 0.2) is 0 Å². The van der Waals surface area contributed by atoms with E-state index >= 15 is 0 Å². The number of alkyl halides is 15. The molecule has 348 valence electrons. The Morgan fingerprint density at radius 3 is 0.649 bits per heavy atom. The molecule has 15 nitrogen and oxygen atoms in total. The summed E-state index contributed by atoms with van der Waals surface area (Å²) in [6.45, 7) is 11.1. The van der Waals surface area contributed by atoms with E-state index in [-0.39, 0.29) is 0 Å². The zero-order chi connectivity index (χ0) is 46.6. The average Bonchev–Trinajstić information content (AvgIpc) is 3.08. The number of hydrogen-bond acceptors (Lipinski definition) is 12. The number of nitrogens with two attached hydrogens (primary N) is 3. The monoisotopic (exact) mass is 891 g/mol. The highest BCUT2D eigenvalue weighted by atomic mass is 19.4. The van der Waals surface area contributed by atoms with Crippen molar-refractivity contribution < 1.29 is 140 Å². The fraction of sp³-hybridized carbons (Fsp3) is 0.889. The topological polar surface area (TPSA) is 226 Å². The van der Waals surface area contributed by atoms with Gasteiger partial charge in [0.1, 0.15) is 17.9 Å². The number of hydrogen-bond donors (Lipinski definition) is 3. The van der Waals surface area contributed by atoms with E-state index in [1.165, 1.54) is 0 Å². The highest BCUT2D eigenvalue weighted by Crippen LogP contribution is 2.46. The fourth-order valence-corrected chi connectivity index (χ4v) is 2.06.